The van der Waals surface area contributed by atoms with E-state index in [9.17, 15) is 4.79 Å². The molecule has 0 amide bonds. The molecule has 23 heavy (non-hydrogen) atoms. The minimum absolute atomic E-state index is 0.204. The SMILES string of the molecule is COC(=O)Cc1ccc(C[C@@H](C)N[C@H](C)c2ccccc2)cc1. The van der Waals surface area contributed by atoms with Crippen molar-refractivity contribution in [2.45, 2.75) is 38.8 Å². The Morgan fingerprint density at radius 3 is 2.22 bits per heavy atom. The van der Waals surface area contributed by atoms with Gasteiger partial charge in [0, 0.05) is 12.1 Å². The van der Waals surface area contributed by atoms with Gasteiger partial charge in [0.1, 0.15) is 0 Å². The van der Waals surface area contributed by atoms with Gasteiger partial charge in [-0.3, -0.25) is 4.79 Å². The van der Waals surface area contributed by atoms with Crippen molar-refractivity contribution in [3.05, 3.63) is 71.3 Å². The molecule has 0 fully saturated rings. The quantitative estimate of drug-likeness (QED) is 0.793. The van der Waals surface area contributed by atoms with Crippen molar-refractivity contribution in [1.29, 1.82) is 0 Å². The fourth-order valence-corrected chi connectivity index (χ4v) is 2.71. The number of hydrogen-bond acceptors (Lipinski definition) is 3. The van der Waals surface area contributed by atoms with Crippen LogP contribution in [0, 0.1) is 0 Å². The molecule has 0 aromatic heterocycles. The monoisotopic (exact) mass is 311 g/mol. The van der Waals surface area contributed by atoms with Crippen LogP contribution in [0.2, 0.25) is 0 Å². The zero-order chi connectivity index (χ0) is 16.7. The van der Waals surface area contributed by atoms with Crippen LogP contribution in [0.3, 0.4) is 0 Å². The molecular formula is C20H25NO2. The molecule has 0 heterocycles. The van der Waals surface area contributed by atoms with E-state index >= 15 is 0 Å². The maximum atomic E-state index is 11.3. The Kier molecular flexibility index (Phi) is 6.36. The standard InChI is InChI=1S/C20H25NO2/c1-15(21-16(2)19-7-5-4-6-8-19)13-17-9-11-18(12-10-17)14-20(22)23-3/h4-12,15-16,21H,13-14H2,1-3H3/t15-,16-/m1/s1. The number of nitrogens with one attached hydrogen (secondary N) is 1. The second-order valence-corrected chi connectivity index (χ2v) is 5.97. The van der Waals surface area contributed by atoms with Crippen LogP contribution in [-0.2, 0) is 22.4 Å². The van der Waals surface area contributed by atoms with Crippen LogP contribution in [0.1, 0.15) is 36.6 Å². The van der Waals surface area contributed by atoms with E-state index in [1.54, 1.807) is 0 Å². The molecular weight excluding hydrogens is 286 g/mol. The molecule has 0 aliphatic carbocycles. The normalized spacial score (nSPS) is 13.3. The highest BCUT2D eigenvalue weighted by Crippen LogP contribution is 2.14. The van der Waals surface area contributed by atoms with Gasteiger partial charge in [0.05, 0.1) is 13.5 Å². The number of benzene rings is 2. The van der Waals surface area contributed by atoms with Crippen LogP contribution in [0.15, 0.2) is 54.6 Å². The van der Waals surface area contributed by atoms with Crippen LogP contribution in [-0.4, -0.2) is 19.1 Å². The first-order valence-electron chi connectivity index (χ1n) is 8.04. The van der Waals surface area contributed by atoms with Crippen LogP contribution in [0.5, 0.6) is 0 Å². The van der Waals surface area contributed by atoms with E-state index in [4.69, 9.17) is 0 Å². The predicted molar refractivity (Wildman–Crippen MR) is 93.3 cm³/mol. The lowest BCUT2D eigenvalue weighted by Gasteiger charge is -2.20. The maximum Gasteiger partial charge on any atom is 0.309 e. The average Bonchev–Trinajstić information content (AvgIpc) is 2.57. The summed E-state index contributed by atoms with van der Waals surface area (Å²) in [5, 5.41) is 3.63. The molecule has 0 saturated heterocycles. The molecule has 3 nitrogen and oxygen atoms in total. The Hall–Kier alpha value is -2.13. The second kappa shape index (κ2) is 8.49. The number of esters is 1. The third-order valence-corrected chi connectivity index (χ3v) is 3.98. The van der Waals surface area contributed by atoms with E-state index < -0.39 is 0 Å². The lowest BCUT2D eigenvalue weighted by molar-refractivity contribution is -0.139. The Bertz CT molecular complexity index is 607. The molecule has 0 bridgehead atoms. The number of ether oxygens (including phenoxy) is 1. The summed E-state index contributed by atoms with van der Waals surface area (Å²) < 4.78 is 4.69. The second-order valence-electron chi connectivity index (χ2n) is 5.97. The van der Waals surface area contributed by atoms with Crippen LogP contribution >= 0.6 is 0 Å². The van der Waals surface area contributed by atoms with Gasteiger partial charge in [-0.05, 0) is 37.0 Å². The summed E-state index contributed by atoms with van der Waals surface area (Å²) in [6, 6.07) is 19.3. The molecule has 122 valence electrons. The van der Waals surface area contributed by atoms with Crippen molar-refractivity contribution >= 4 is 5.97 Å². The number of carbonyl (C=O) groups excluding carboxylic acids is 1. The van der Waals surface area contributed by atoms with Crippen molar-refractivity contribution in [3.8, 4) is 0 Å². The highest BCUT2D eigenvalue weighted by molar-refractivity contribution is 5.72. The Labute approximate surface area is 138 Å². The summed E-state index contributed by atoms with van der Waals surface area (Å²) in [5.41, 5.74) is 3.55. The molecule has 0 saturated carbocycles. The predicted octanol–water partition coefficient (Wildman–Crippen LogP) is 3.68. The zero-order valence-corrected chi connectivity index (χ0v) is 14.1. The van der Waals surface area contributed by atoms with Crippen molar-refractivity contribution in [3.63, 3.8) is 0 Å². The van der Waals surface area contributed by atoms with Crippen molar-refractivity contribution < 1.29 is 9.53 Å². The highest BCUT2D eigenvalue weighted by Gasteiger charge is 2.10. The third kappa shape index (κ3) is 5.53. The Morgan fingerprint density at radius 1 is 1.00 bits per heavy atom. The van der Waals surface area contributed by atoms with Gasteiger partial charge >= 0.3 is 5.97 Å². The minimum atomic E-state index is -0.204. The van der Waals surface area contributed by atoms with E-state index in [0.29, 0.717) is 18.5 Å². The fourth-order valence-electron chi connectivity index (χ4n) is 2.71. The minimum Gasteiger partial charge on any atom is -0.469 e. The molecule has 0 spiro atoms. The summed E-state index contributed by atoms with van der Waals surface area (Å²) in [6.45, 7) is 4.38. The van der Waals surface area contributed by atoms with E-state index in [1.165, 1.54) is 18.2 Å². The van der Waals surface area contributed by atoms with Gasteiger partial charge < -0.3 is 10.1 Å². The van der Waals surface area contributed by atoms with Gasteiger partial charge in [0.25, 0.3) is 0 Å². The van der Waals surface area contributed by atoms with Crippen molar-refractivity contribution in [2.75, 3.05) is 7.11 Å². The van der Waals surface area contributed by atoms with E-state index in [1.807, 2.05) is 18.2 Å². The zero-order valence-electron chi connectivity index (χ0n) is 14.1. The topological polar surface area (TPSA) is 38.3 Å². The largest absolute Gasteiger partial charge is 0.469 e. The summed E-state index contributed by atoms with van der Waals surface area (Å²) in [5.74, 6) is -0.204. The summed E-state index contributed by atoms with van der Waals surface area (Å²) in [4.78, 5) is 11.3. The highest BCUT2D eigenvalue weighted by atomic mass is 16.5. The molecule has 2 aromatic carbocycles. The van der Waals surface area contributed by atoms with Gasteiger partial charge in [-0.15, -0.1) is 0 Å². The Morgan fingerprint density at radius 2 is 1.61 bits per heavy atom. The van der Waals surface area contributed by atoms with Crippen LogP contribution in [0.4, 0.5) is 0 Å². The number of hydrogen-bond donors (Lipinski definition) is 1. The lowest BCUT2D eigenvalue weighted by atomic mass is 10.0. The summed E-state index contributed by atoms with van der Waals surface area (Å²) in [7, 11) is 1.41. The first-order valence-corrected chi connectivity index (χ1v) is 8.04. The molecule has 2 aromatic rings. The maximum absolute atomic E-state index is 11.3. The van der Waals surface area contributed by atoms with Crippen molar-refractivity contribution in [2.24, 2.45) is 0 Å². The van der Waals surface area contributed by atoms with Crippen LogP contribution in [0.25, 0.3) is 0 Å². The number of methoxy groups -OCH3 is 1. The van der Waals surface area contributed by atoms with Crippen molar-refractivity contribution in [1.82, 2.24) is 5.32 Å². The molecule has 0 unspecified atom stereocenters. The van der Waals surface area contributed by atoms with Gasteiger partial charge in [-0.2, -0.15) is 0 Å². The van der Waals surface area contributed by atoms with Crippen LogP contribution < -0.4 is 5.32 Å². The van der Waals surface area contributed by atoms with Gasteiger partial charge in [0.2, 0.25) is 0 Å². The first kappa shape index (κ1) is 17.2. The summed E-state index contributed by atoms with van der Waals surface area (Å²) >= 11 is 0. The molecule has 2 rings (SSSR count). The smallest absolute Gasteiger partial charge is 0.309 e. The molecule has 0 radical (unpaired) electrons. The fraction of sp³-hybridized carbons (Fsp3) is 0.350. The number of carbonyl (C=O) groups is 1. The van der Waals surface area contributed by atoms with Gasteiger partial charge in [-0.1, -0.05) is 54.6 Å². The van der Waals surface area contributed by atoms with E-state index in [0.717, 1.165) is 12.0 Å². The van der Waals surface area contributed by atoms with E-state index in [-0.39, 0.29) is 5.97 Å². The van der Waals surface area contributed by atoms with Gasteiger partial charge in [0.15, 0.2) is 0 Å². The molecule has 0 aliphatic rings. The molecule has 3 heteroatoms. The number of rotatable bonds is 7. The average molecular weight is 311 g/mol. The molecule has 2 atom stereocenters. The molecule has 1 N–H and O–H groups in total. The molecule has 0 aliphatic heterocycles. The first-order chi connectivity index (χ1) is 11.1. The Balaban J connectivity index is 1.87. The lowest BCUT2D eigenvalue weighted by Crippen LogP contribution is -2.30. The van der Waals surface area contributed by atoms with E-state index in [2.05, 4.69) is 60.3 Å². The third-order valence-electron chi connectivity index (χ3n) is 3.98. The van der Waals surface area contributed by atoms with Gasteiger partial charge in [-0.25, -0.2) is 0 Å². The summed E-state index contributed by atoms with van der Waals surface area (Å²) in [6.07, 6.45) is 1.28.